The lowest BCUT2D eigenvalue weighted by Crippen LogP contribution is -2.25. The minimum atomic E-state index is -0.0819. The Morgan fingerprint density at radius 3 is 2.61 bits per heavy atom. The molecule has 1 aliphatic carbocycles. The molecule has 0 atom stereocenters. The summed E-state index contributed by atoms with van der Waals surface area (Å²) in [4.78, 5) is 2.30. The second kappa shape index (κ2) is 9.93. The van der Waals surface area contributed by atoms with E-state index in [9.17, 15) is 0 Å². The number of anilines is 1. The average Bonchev–Trinajstić information content (AvgIpc) is 2.97. The van der Waals surface area contributed by atoms with E-state index in [-0.39, 0.29) is 10.8 Å². The van der Waals surface area contributed by atoms with Crippen LogP contribution in [0.2, 0.25) is 0 Å². The van der Waals surface area contributed by atoms with Gasteiger partial charge in [0.2, 0.25) is 0 Å². The molecule has 168 valence electrons. The fourth-order valence-electron chi connectivity index (χ4n) is 4.70. The Bertz CT molecular complexity index is 923. The Morgan fingerprint density at radius 2 is 1.94 bits per heavy atom. The third-order valence-corrected chi connectivity index (χ3v) is 6.95. The second-order valence-corrected chi connectivity index (χ2v) is 10.1. The minimum absolute atomic E-state index is 0.0601. The van der Waals surface area contributed by atoms with E-state index >= 15 is 0 Å². The molecule has 3 N–H and O–H groups in total. The first-order valence-electron chi connectivity index (χ1n) is 11.1. The number of benzene rings is 1. The van der Waals surface area contributed by atoms with Gasteiger partial charge in [-0.2, -0.15) is 25.3 Å². The van der Waals surface area contributed by atoms with Crippen molar-refractivity contribution in [1.29, 1.82) is 0 Å². The number of rotatable bonds is 8. The topological polar surface area (TPSA) is 41.3 Å². The molecule has 2 aliphatic rings. The molecule has 0 saturated carbocycles. The molecule has 1 aliphatic heterocycles. The molecule has 1 aromatic carbocycles. The highest BCUT2D eigenvalue weighted by Gasteiger charge is 2.39. The molecule has 5 heteroatoms. The van der Waals surface area contributed by atoms with Crippen molar-refractivity contribution in [2.45, 2.75) is 58.9 Å². The summed E-state index contributed by atoms with van der Waals surface area (Å²) < 4.78 is 0. The lowest BCUT2D eigenvalue weighted by molar-refractivity contribution is 0.449. The lowest BCUT2D eigenvalue weighted by Gasteiger charge is -2.31. The zero-order valence-corrected chi connectivity index (χ0v) is 21.1. The van der Waals surface area contributed by atoms with Crippen molar-refractivity contribution in [2.24, 2.45) is 11.1 Å². The van der Waals surface area contributed by atoms with E-state index in [4.69, 9.17) is 5.73 Å². The minimum Gasteiger partial charge on any atom is -0.376 e. The first-order valence-corrected chi connectivity index (χ1v) is 12.4. The number of allylic oxidation sites excluding steroid dienone is 7. The zero-order chi connectivity index (χ0) is 22.6. The zero-order valence-electron chi connectivity index (χ0n) is 19.3. The first-order chi connectivity index (χ1) is 14.8. The number of nitrogens with zero attached hydrogens (tertiary/aromatic N) is 1. The molecule has 3 rings (SSSR count). The predicted octanol–water partition coefficient (Wildman–Crippen LogP) is 6.07. The van der Waals surface area contributed by atoms with Crippen molar-refractivity contribution >= 4 is 30.9 Å². The fraction of sp³-hybridized carbons (Fsp3) is 0.462. The van der Waals surface area contributed by atoms with E-state index in [0.29, 0.717) is 18.3 Å². The molecule has 1 heterocycles. The third-order valence-electron chi connectivity index (χ3n) is 6.50. The average molecular weight is 456 g/mol. The van der Waals surface area contributed by atoms with Gasteiger partial charge in [0.15, 0.2) is 0 Å². The highest BCUT2D eigenvalue weighted by Crippen LogP contribution is 2.48. The highest BCUT2D eigenvalue weighted by molar-refractivity contribution is 7.80. The molecule has 0 fully saturated rings. The smallest absolute Gasteiger partial charge is 0.0656 e. The van der Waals surface area contributed by atoms with Crippen molar-refractivity contribution < 1.29 is 0 Å². The van der Waals surface area contributed by atoms with Gasteiger partial charge in [-0.05, 0) is 53.5 Å². The van der Waals surface area contributed by atoms with E-state index in [2.05, 4.69) is 112 Å². The van der Waals surface area contributed by atoms with Gasteiger partial charge in [0.1, 0.15) is 0 Å². The second-order valence-electron chi connectivity index (χ2n) is 9.47. The quantitative estimate of drug-likeness (QED) is 0.284. The maximum atomic E-state index is 5.89. The van der Waals surface area contributed by atoms with Crippen molar-refractivity contribution in [2.75, 3.05) is 16.7 Å². The molecule has 0 aromatic heterocycles. The summed E-state index contributed by atoms with van der Waals surface area (Å²) in [7, 11) is 0. The van der Waals surface area contributed by atoms with Gasteiger partial charge in [0, 0.05) is 29.0 Å². The summed E-state index contributed by atoms with van der Waals surface area (Å²) in [6.07, 6.45) is 14.6. The van der Waals surface area contributed by atoms with Crippen molar-refractivity contribution in [3.8, 4) is 0 Å². The summed E-state index contributed by atoms with van der Waals surface area (Å²) in [6.45, 7) is 9.77. The molecule has 1 aromatic rings. The fourth-order valence-corrected chi connectivity index (χ4v) is 5.18. The number of nitrogens with two attached hydrogens (primary N) is 1. The molecule has 0 unspecified atom stereocenters. The maximum Gasteiger partial charge on any atom is 0.0656 e. The van der Waals surface area contributed by atoms with Crippen LogP contribution >= 0.6 is 25.3 Å². The molecular formula is C26H37N3S2. The van der Waals surface area contributed by atoms with Gasteiger partial charge in [-0.15, -0.1) is 0 Å². The summed E-state index contributed by atoms with van der Waals surface area (Å²) >= 11 is 8.98. The number of fused-ring (bicyclic) bond motifs is 1. The Hall–Kier alpha value is -1.56. The number of hydrogen-bond donors (Lipinski definition) is 4. The van der Waals surface area contributed by atoms with Crippen molar-refractivity contribution in [3.63, 3.8) is 0 Å². The number of thiol groups is 2. The maximum absolute atomic E-state index is 5.89. The van der Waals surface area contributed by atoms with Crippen LogP contribution in [0.3, 0.4) is 0 Å². The van der Waals surface area contributed by atoms with Gasteiger partial charge in [-0.1, -0.05) is 64.1 Å². The summed E-state index contributed by atoms with van der Waals surface area (Å²) in [5.41, 5.74) is 13.5. The third kappa shape index (κ3) is 4.94. The van der Waals surface area contributed by atoms with E-state index in [1.807, 2.05) is 0 Å². The van der Waals surface area contributed by atoms with Crippen molar-refractivity contribution in [1.82, 2.24) is 5.32 Å². The van der Waals surface area contributed by atoms with Crippen LogP contribution in [0.15, 0.2) is 65.5 Å². The molecule has 0 radical (unpaired) electrons. The molecular weight excluding hydrogens is 418 g/mol. The number of nitrogens with one attached hydrogen (secondary N) is 1. The Kier molecular flexibility index (Phi) is 7.72. The van der Waals surface area contributed by atoms with Gasteiger partial charge in [0.25, 0.3) is 0 Å². The predicted molar refractivity (Wildman–Crippen MR) is 142 cm³/mol. The van der Waals surface area contributed by atoms with Crippen molar-refractivity contribution in [3.05, 3.63) is 76.7 Å². The molecule has 0 bridgehead atoms. The van der Waals surface area contributed by atoms with Crippen LogP contribution in [0.4, 0.5) is 5.69 Å². The SMILES string of the molecule is CC(C)(C/C=C/C=C1/N(CS)c2ccc(CN)cc2C1(C)C)C1=CCCC=C1NCS. The summed E-state index contributed by atoms with van der Waals surface area (Å²) in [6, 6.07) is 6.55. The first kappa shape index (κ1) is 24.1. The summed E-state index contributed by atoms with van der Waals surface area (Å²) in [5, 5.41) is 3.42. The van der Waals surface area contributed by atoms with Crippen LogP contribution in [0.5, 0.6) is 0 Å². The van der Waals surface area contributed by atoms with Gasteiger partial charge in [0.05, 0.1) is 11.8 Å². The Morgan fingerprint density at radius 1 is 1.19 bits per heavy atom. The monoisotopic (exact) mass is 455 g/mol. The van der Waals surface area contributed by atoms with Crippen LogP contribution in [0.25, 0.3) is 0 Å². The Labute approximate surface area is 199 Å². The standard InChI is InChI=1S/C26H37N3S2/c1-25(2,20-9-5-6-10-22(20)28-17-30)14-8-7-11-24-26(3,4)21-15-19(16-27)12-13-23(21)29(24)18-31/h7-13,15,28,30-31H,5-6,14,16-18,27H2,1-4H3/b8-7+,24-11+. The molecule has 0 amide bonds. The van der Waals surface area contributed by atoms with Crippen LogP contribution in [-0.2, 0) is 12.0 Å². The van der Waals surface area contributed by atoms with Crippen LogP contribution in [0.1, 0.15) is 58.1 Å². The molecule has 0 saturated heterocycles. The van der Waals surface area contributed by atoms with E-state index < -0.39 is 0 Å². The lowest BCUT2D eigenvalue weighted by atomic mass is 9.77. The van der Waals surface area contributed by atoms with Gasteiger partial charge in [-0.3, -0.25) is 0 Å². The van der Waals surface area contributed by atoms with E-state index in [1.54, 1.807) is 0 Å². The van der Waals surface area contributed by atoms with Gasteiger partial charge >= 0.3 is 0 Å². The van der Waals surface area contributed by atoms with Crippen LogP contribution < -0.4 is 16.0 Å². The molecule has 31 heavy (non-hydrogen) atoms. The van der Waals surface area contributed by atoms with E-state index in [1.165, 1.54) is 33.8 Å². The number of hydrogen-bond acceptors (Lipinski definition) is 5. The Balaban J connectivity index is 1.80. The van der Waals surface area contributed by atoms with Crippen LogP contribution in [-0.4, -0.2) is 11.8 Å². The molecule has 0 spiro atoms. The van der Waals surface area contributed by atoms with Gasteiger partial charge < -0.3 is 16.0 Å². The van der Waals surface area contributed by atoms with Gasteiger partial charge in [-0.25, -0.2) is 0 Å². The van der Waals surface area contributed by atoms with Crippen LogP contribution in [0, 0.1) is 5.41 Å². The highest BCUT2D eigenvalue weighted by atomic mass is 32.1. The summed E-state index contributed by atoms with van der Waals surface area (Å²) in [5.74, 6) is 1.31. The van der Waals surface area contributed by atoms with E-state index in [0.717, 1.165) is 19.3 Å². The normalized spacial score (nSPS) is 19.6. The molecule has 3 nitrogen and oxygen atoms in total. The largest absolute Gasteiger partial charge is 0.376 e.